The highest BCUT2D eigenvalue weighted by Gasteiger charge is 2.25. The molecule has 0 atom stereocenters. The second kappa shape index (κ2) is 6.69. The highest BCUT2D eigenvalue weighted by molar-refractivity contribution is 5.88. The van der Waals surface area contributed by atoms with E-state index in [2.05, 4.69) is 10.3 Å². The van der Waals surface area contributed by atoms with Crippen molar-refractivity contribution in [1.82, 2.24) is 19.9 Å². The number of piperidine rings is 1. The van der Waals surface area contributed by atoms with Gasteiger partial charge in [0.25, 0.3) is 0 Å². The maximum Gasteiger partial charge on any atom is 0.360 e. The lowest BCUT2D eigenvalue weighted by atomic mass is 10.1. The van der Waals surface area contributed by atoms with Crippen molar-refractivity contribution in [3.8, 4) is 0 Å². The maximum absolute atomic E-state index is 12.3. The SMILES string of the molecule is COC(=O)c1nnn(CC(=O)N2CCCCC2)c1C(C)C. The summed E-state index contributed by atoms with van der Waals surface area (Å²) in [6.07, 6.45) is 3.28. The molecule has 1 aromatic rings. The average molecular weight is 294 g/mol. The summed E-state index contributed by atoms with van der Waals surface area (Å²) in [7, 11) is 1.31. The molecule has 0 bridgehead atoms. The summed E-state index contributed by atoms with van der Waals surface area (Å²) in [6, 6.07) is 0. The van der Waals surface area contributed by atoms with Gasteiger partial charge in [-0.3, -0.25) is 4.79 Å². The largest absolute Gasteiger partial charge is 0.464 e. The van der Waals surface area contributed by atoms with Crippen molar-refractivity contribution in [3.05, 3.63) is 11.4 Å². The molecule has 0 unspecified atom stereocenters. The Morgan fingerprint density at radius 3 is 2.48 bits per heavy atom. The normalized spacial score (nSPS) is 15.3. The molecule has 0 aliphatic carbocycles. The van der Waals surface area contributed by atoms with Crippen molar-refractivity contribution >= 4 is 11.9 Å². The van der Waals surface area contributed by atoms with Gasteiger partial charge in [-0.05, 0) is 25.2 Å². The van der Waals surface area contributed by atoms with Gasteiger partial charge in [-0.2, -0.15) is 0 Å². The number of aromatic nitrogens is 3. The molecule has 116 valence electrons. The Morgan fingerprint density at radius 1 is 1.24 bits per heavy atom. The second-order valence-corrected chi connectivity index (χ2v) is 5.57. The van der Waals surface area contributed by atoms with Crippen LogP contribution in [0.1, 0.15) is 55.2 Å². The molecule has 2 rings (SSSR count). The van der Waals surface area contributed by atoms with Crippen LogP contribution in [-0.2, 0) is 16.1 Å². The van der Waals surface area contributed by atoms with Crippen molar-refractivity contribution in [2.75, 3.05) is 20.2 Å². The number of hydrogen-bond acceptors (Lipinski definition) is 5. The number of nitrogens with zero attached hydrogens (tertiary/aromatic N) is 4. The van der Waals surface area contributed by atoms with Crippen molar-refractivity contribution in [2.45, 2.75) is 45.6 Å². The van der Waals surface area contributed by atoms with Crippen LogP contribution >= 0.6 is 0 Å². The molecule has 21 heavy (non-hydrogen) atoms. The van der Waals surface area contributed by atoms with Gasteiger partial charge in [0.1, 0.15) is 6.54 Å². The van der Waals surface area contributed by atoms with Crippen LogP contribution in [0.2, 0.25) is 0 Å². The van der Waals surface area contributed by atoms with Crippen LogP contribution in [0.3, 0.4) is 0 Å². The Labute approximate surface area is 124 Å². The lowest BCUT2D eigenvalue weighted by Crippen LogP contribution is -2.38. The van der Waals surface area contributed by atoms with Crippen LogP contribution in [0, 0.1) is 0 Å². The third kappa shape index (κ3) is 3.40. The fourth-order valence-electron chi connectivity index (χ4n) is 2.62. The van der Waals surface area contributed by atoms with Crippen LogP contribution in [0.25, 0.3) is 0 Å². The molecule has 0 N–H and O–H groups in total. The van der Waals surface area contributed by atoms with E-state index in [4.69, 9.17) is 4.74 Å². The molecule has 1 aromatic heterocycles. The van der Waals surface area contributed by atoms with Gasteiger partial charge in [-0.15, -0.1) is 5.10 Å². The van der Waals surface area contributed by atoms with Gasteiger partial charge in [0.15, 0.2) is 5.69 Å². The van der Waals surface area contributed by atoms with Gasteiger partial charge < -0.3 is 9.64 Å². The molecule has 2 heterocycles. The van der Waals surface area contributed by atoms with E-state index in [1.54, 1.807) is 0 Å². The molecule has 0 spiro atoms. The van der Waals surface area contributed by atoms with E-state index in [0.717, 1.165) is 25.9 Å². The number of methoxy groups -OCH3 is 1. The van der Waals surface area contributed by atoms with Crippen LogP contribution < -0.4 is 0 Å². The van der Waals surface area contributed by atoms with E-state index in [0.29, 0.717) is 5.69 Å². The molecule has 0 aromatic carbocycles. The predicted molar refractivity (Wildman–Crippen MR) is 75.9 cm³/mol. The fourth-order valence-corrected chi connectivity index (χ4v) is 2.62. The first-order valence-corrected chi connectivity index (χ1v) is 7.34. The number of rotatable bonds is 4. The monoisotopic (exact) mass is 294 g/mol. The summed E-state index contributed by atoms with van der Waals surface area (Å²) in [6.45, 7) is 5.60. The van der Waals surface area contributed by atoms with Crippen LogP contribution in [-0.4, -0.2) is 52.0 Å². The number of amides is 1. The quantitative estimate of drug-likeness (QED) is 0.780. The molecule has 7 heteroatoms. The standard InChI is InChI=1S/C14H22N4O3/c1-10(2)13-12(14(20)21-3)15-16-18(13)9-11(19)17-7-5-4-6-8-17/h10H,4-9H2,1-3H3. The summed E-state index contributed by atoms with van der Waals surface area (Å²) in [5, 5.41) is 7.83. The van der Waals surface area contributed by atoms with Crippen molar-refractivity contribution < 1.29 is 14.3 Å². The molecule has 0 saturated carbocycles. The van der Waals surface area contributed by atoms with Crippen LogP contribution in [0.5, 0.6) is 0 Å². The Bertz CT molecular complexity index is 518. The number of likely N-dealkylation sites (tertiary alicyclic amines) is 1. The highest BCUT2D eigenvalue weighted by atomic mass is 16.5. The molecular weight excluding hydrogens is 272 g/mol. The Morgan fingerprint density at radius 2 is 1.90 bits per heavy atom. The molecule has 1 saturated heterocycles. The number of ether oxygens (including phenoxy) is 1. The molecule has 0 radical (unpaired) electrons. The maximum atomic E-state index is 12.3. The first-order valence-electron chi connectivity index (χ1n) is 7.34. The smallest absolute Gasteiger partial charge is 0.360 e. The molecule has 1 aliphatic heterocycles. The third-order valence-electron chi connectivity index (χ3n) is 3.69. The second-order valence-electron chi connectivity index (χ2n) is 5.57. The lowest BCUT2D eigenvalue weighted by Gasteiger charge is -2.26. The average Bonchev–Trinajstić information content (AvgIpc) is 2.91. The molecular formula is C14H22N4O3. The Balaban J connectivity index is 2.17. The first kappa shape index (κ1) is 15.5. The number of esters is 1. The van der Waals surface area contributed by atoms with Gasteiger partial charge in [0.2, 0.25) is 5.91 Å². The van der Waals surface area contributed by atoms with Crippen molar-refractivity contribution in [3.63, 3.8) is 0 Å². The zero-order chi connectivity index (χ0) is 15.4. The minimum Gasteiger partial charge on any atom is -0.464 e. The molecule has 7 nitrogen and oxygen atoms in total. The molecule has 1 fully saturated rings. The third-order valence-corrected chi connectivity index (χ3v) is 3.69. The molecule has 1 amide bonds. The number of carbonyl (C=O) groups is 2. The summed E-state index contributed by atoms with van der Waals surface area (Å²) in [4.78, 5) is 25.9. The van der Waals surface area contributed by atoms with Gasteiger partial charge in [-0.1, -0.05) is 19.1 Å². The minimum absolute atomic E-state index is 0.0258. The predicted octanol–water partition coefficient (Wildman–Crippen LogP) is 1.20. The number of carbonyl (C=O) groups excluding carboxylic acids is 2. The zero-order valence-electron chi connectivity index (χ0n) is 12.8. The Hall–Kier alpha value is -1.92. The van der Waals surface area contributed by atoms with Crippen LogP contribution in [0.4, 0.5) is 0 Å². The van der Waals surface area contributed by atoms with Crippen molar-refractivity contribution in [1.29, 1.82) is 0 Å². The van der Waals surface area contributed by atoms with E-state index in [-0.39, 0.29) is 24.1 Å². The van der Waals surface area contributed by atoms with E-state index in [1.807, 2.05) is 18.7 Å². The first-order chi connectivity index (χ1) is 10.0. The van der Waals surface area contributed by atoms with Crippen LogP contribution in [0.15, 0.2) is 0 Å². The summed E-state index contributed by atoms with van der Waals surface area (Å²) >= 11 is 0. The van der Waals surface area contributed by atoms with E-state index >= 15 is 0 Å². The zero-order valence-corrected chi connectivity index (χ0v) is 12.8. The Kier molecular flexibility index (Phi) is 4.93. The summed E-state index contributed by atoms with van der Waals surface area (Å²) in [5.41, 5.74) is 0.839. The van der Waals surface area contributed by atoms with Crippen molar-refractivity contribution in [2.24, 2.45) is 0 Å². The van der Waals surface area contributed by atoms with Gasteiger partial charge >= 0.3 is 5.97 Å². The van der Waals surface area contributed by atoms with Gasteiger partial charge in [0.05, 0.1) is 12.8 Å². The lowest BCUT2D eigenvalue weighted by molar-refractivity contribution is -0.133. The fraction of sp³-hybridized carbons (Fsp3) is 0.714. The summed E-state index contributed by atoms with van der Waals surface area (Å²) in [5.74, 6) is -0.462. The summed E-state index contributed by atoms with van der Waals surface area (Å²) < 4.78 is 6.23. The van der Waals surface area contributed by atoms with E-state index in [9.17, 15) is 9.59 Å². The minimum atomic E-state index is -0.518. The molecule has 1 aliphatic rings. The van der Waals surface area contributed by atoms with E-state index in [1.165, 1.54) is 18.2 Å². The van der Waals surface area contributed by atoms with Gasteiger partial charge in [0, 0.05) is 13.1 Å². The topological polar surface area (TPSA) is 77.3 Å². The van der Waals surface area contributed by atoms with Gasteiger partial charge in [-0.25, -0.2) is 9.48 Å². The van der Waals surface area contributed by atoms with E-state index < -0.39 is 5.97 Å². The number of hydrogen-bond donors (Lipinski definition) is 0. The highest BCUT2D eigenvalue weighted by Crippen LogP contribution is 2.19.